The molecule has 1 heteroatoms. The van der Waals surface area contributed by atoms with Crippen LogP contribution in [0.2, 0.25) is 0 Å². The normalized spacial score (nSPS) is 21.6. The second kappa shape index (κ2) is 2.74. The van der Waals surface area contributed by atoms with Crippen molar-refractivity contribution in [2.45, 2.75) is 25.7 Å². The third-order valence-corrected chi connectivity index (χ3v) is 1.53. The molecule has 0 bridgehead atoms. The molecule has 0 spiro atoms. The Kier molecular flexibility index (Phi) is 2.17. The van der Waals surface area contributed by atoms with E-state index in [0.717, 1.165) is 5.92 Å². The van der Waals surface area contributed by atoms with Crippen LogP contribution in [0.25, 0.3) is 0 Å². The molecule has 2 rings (SSSR count). The second-order valence-electron chi connectivity index (χ2n) is 2.65. The van der Waals surface area contributed by atoms with Gasteiger partial charge in [0, 0.05) is 0 Å². The summed E-state index contributed by atoms with van der Waals surface area (Å²) in [7, 11) is 0. The quantitative estimate of drug-likeness (QED) is 0.209. The number of hydrogen-bond donors (Lipinski definition) is 0. The smallest absolute Gasteiger partial charge is 0.324 e. The average molecular weight is 112 g/mol. The fourth-order valence-corrected chi connectivity index (χ4v) is 0.619. The first-order chi connectivity index (χ1) is 3.95. The Bertz CT molecular complexity index is 128. The Morgan fingerprint density at radius 3 is 2.33 bits per heavy atom. The minimum atomic E-state index is 0. The first kappa shape index (κ1) is 7.14. The molecule has 0 unspecified atom stereocenters. The topological polar surface area (TPSA) is 0 Å². The molecular formula is C8H9Li. The van der Waals surface area contributed by atoms with Crippen molar-refractivity contribution in [2.24, 2.45) is 5.92 Å². The van der Waals surface area contributed by atoms with E-state index in [-0.39, 0.29) is 18.9 Å². The average Bonchev–Trinajstić information content (AvgIpc) is 2.60. The molecule has 0 aromatic heterocycles. The fraction of sp³-hybridized carbons (Fsp3) is 0.625. The minimum absolute atomic E-state index is 0. The van der Waals surface area contributed by atoms with Gasteiger partial charge in [-0.2, -0.15) is 5.92 Å². The SMILES string of the molecule is C(#CC1CC1)[C-]1CC1.[Li+]. The zero-order valence-electron chi connectivity index (χ0n) is 5.91. The predicted octanol–water partition coefficient (Wildman–Crippen LogP) is -1.23. The van der Waals surface area contributed by atoms with Gasteiger partial charge in [0.15, 0.2) is 0 Å². The molecule has 2 aliphatic rings. The van der Waals surface area contributed by atoms with Crippen molar-refractivity contribution >= 4 is 0 Å². The Morgan fingerprint density at radius 2 is 1.89 bits per heavy atom. The van der Waals surface area contributed by atoms with Gasteiger partial charge < -0.3 is 5.92 Å². The molecule has 9 heavy (non-hydrogen) atoms. The van der Waals surface area contributed by atoms with Crippen molar-refractivity contribution in [3.8, 4) is 11.8 Å². The predicted molar refractivity (Wildman–Crippen MR) is 33.0 cm³/mol. The first-order valence-corrected chi connectivity index (χ1v) is 3.31. The number of rotatable bonds is 0. The molecule has 0 N–H and O–H groups in total. The Hall–Kier alpha value is 0.0274. The molecule has 0 heterocycles. The largest absolute Gasteiger partial charge is 1.00 e. The van der Waals surface area contributed by atoms with Crippen molar-refractivity contribution in [1.82, 2.24) is 0 Å². The van der Waals surface area contributed by atoms with Gasteiger partial charge >= 0.3 is 18.9 Å². The molecule has 0 aromatic rings. The van der Waals surface area contributed by atoms with Crippen LogP contribution < -0.4 is 18.9 Å². The molecular weight excluding hydrogens is 103 g/mol. The molecule has 0 saturated heterocycles. The summed E-state index contributed by atoms with van der Waals surface area (Å²) < 4.78 is 0. The first-order valence-electron chi connectivity index (χ1n) is 3.31. The van der Waals surface area contributed by atoms with Crippen LogP contribution >= 0.6 is 0 Å². The molecule has 0 nitrogen and oxygen atoms in total. The molecule has 0 atom stereocenters. The van der Waals surface area contributed by atoms with E-state index in [1.165, 1.54) is 31.6 Å². The zero-order chi connectivity index (χ0) is 5.40. The standard InChI is InChI=1S/C8H9.Li/c1-2-7(1)5-6-8-3-4-8;/h7H,1-4H2;/q-1;+1. The summed E-state index contributed by atoms with van der Waals surface area (Å²) in [4.78, 5) is 0. The zero-order valence-corrected chi connectivity index (χ0v) is 5.91. The van der Waals surface area contributed by atoms with Gasteiger partial charge in [0.05, 0.1) is 0 Å². The van der Waals surface area contributed by atoms with E-state index < -0.39 is 0 Å². The molecule has 2 fully saturated rings. The summed E-state index contributed by atoms with van der Waals surface area (Å²) in [5.74, 6) is 8.69. The van der Waals surface area contributed by atoms with Crippen LogP contribution in [0.3, 0.4) is 0 Å². The van der Waals surface area contributed by atoms with Crippen molar-refractivity contribution < 1.29 is 18.9 Å². The molecule has 2 saturated carbocycles. The van der Waals surface area contributed by atoms with E-state index in [0.29, 0.717) is 0 Å². The van der Waals surface area contributed by atoms with Gasteiger partial charge in [-0.25, -0.2) is 0 Å². The fourth-order valence-electron chi connectivity index (χ4n) is 0.619. The van der Waals surface area contributed by atoms with Crippen LogP contribution in [0.5, 0.6) is 0 Å². The van der Waals surface area contributed by atoms with Crippen LogP contribution in [0.1, 0.15) is 25.7 Å². The molecule has 2 aliphatic carbocycles. The van der Waals surface area contributed by atoms with Gasteiger partial charge in [-0.05, 0) is 0 Å². The van der Waals surface area contributed by atoms with E-state index in [1.54, 1.807) is 0 Å². The van der Waals surface area contributed by atoms with Gasteiger partial charge in [-0.1, -0.05) is 18.8 Å². The van der Waals surface area contributed by atoms with Crippen LogP contribution in [0.4, 0.5) is 0 Å². The Labute approximate surface area is 68.6 Å². The third kappa shape index (κ3) is 2.40. The van der Waals surface area contributed by atoms with Crippen molar-refractivity contribution in [1.29, 1.82) is 0 Å². The summed E-state index contributed by atoms with van der Waals surface area (Å²) >= 11 is 0. The van der Waals surface area contributed by atoms with Crippen molar-refractivity contribution in [2.75, 3.05) is 0 Å². The molecule has 0 amide bonds. The van der Waals surface area contributed by atoms with Gasteiger partial charge in [-0.3, -0.25) is 5.92 Å². The van der Waals surface area contributed by atoms with Gasteiger partial charge in [0.1, 0.15) is 0 Å². The monoisotopic (exact) mass is 112 g/mol. The van der Waals surface area contributed by atoms with Crippen LogP contribution in [0, 0.1) is 23.7 Å². The van der Waals surface area contributed by atoms with Gasteiger partial charge in [-0.15, -0.1) is 12.8 Å². The number of hydrogen-bond acceptors (Lipinski definition) is 0. The molecule has 0 radical (unpaired) electrons. The Morgan fingerprint density at radius 1 is 1.22 bits per heavy atom. The van der Waals surface area contributed by atoms with E-state index in [9.17, 15) is 0 Å². The van der Waals surface area contributed by atoms with E-state index >= 15 is 0 Å². The van der Waals surface area contributed by atoms with Gasteiger partial charge in [0.25, 0.3) is 0 Å². The maximum absolute atomic E-state index is 3.23. The molecule has 42 valence electrons. The molecule has 0 aliphatic heterocycles. The second-order valence-corrected chi connectivity index (χ2v) is 2.65. The van der Waals surface area contributed by atoms with Crippen LogP contribution in [0.15, 0.2) is 0 Å². The maximum atomic E-state index is 3.23. The maximum Gasteiger partial charge on any atom is 1.00 e. The third-order valence-electron chi connectivity index (χ3n) is 1.53. The van der Waals surface area contributed by atoms with E-state index in [4.69, 9.17) is 0 Å². The van der Waals surface area contributed by atoms with Crippen molar-refractivity contribution in [3.05, 3.63) is 5.92 Å². The van der Waals surface area contributed by atoms with Crippen LogP contribution in [-0.4, -0.2) is 0 Å². The van der Waals surface area contributed by atoms with Crippen molar-refractivity contribution in [3.63, 3.8) is 0 Å². The summed E-state index contributed by atoms with van der Waals surface area (Å²) in [6.45, 7) is 0. The minimum Gasteiger partial charge on any atom is -0.324 e. The molecule has 0 aromatic carbocycles. The summed E-state index contributed by atoms with van der Waals surface area (Å²) in [5.41, 5.74) is 0. The van der Waals surface area contributed by atoms with Gasteiger partial charge in [0.2, 0.25) is 0 Å². The summed E-state index contributed by atoms with van der Waals surface area (Å²) in [5, 5.41) is 0. The van der Waals surface area contributed by atoms with Crippen LogP contribution in [-0.2, 0) is 0 Å². The summed E-state index contributed by atoms with van der Waals surface area (Å²) in [6, 6.07) is 0. The summed E-state index contributed by atoms with van der Waals surface area (Å²) in [6.07, 6.45) is 5.31. The Balaban J connectivity index is 0.000000405. The van der Waals surface area contributed by atoms with E-state index in [2.05, 4.69) is 11.8 Å². The van der Waals surface area contributed by atoms with E-state index in [1.807, 2.05) is 0 Å².